The molecule has 2 heteroatoms. The van der Waals surface area contributed by atoms with E-state index >= 15 is 0 Å². The summed E-state index contributed by atoms with van der Waals surface area (Å²) in [7, 11) is 0. The fourth-order valence-electron chi connectivity index (χ4n) is 10.5. The fraction of sp³-hybridized carbons (Fsp3) is 0.523. The molecule has 2 unspecified atom stereocenters. The number of hydrogen-bond donors (Lipinski definition) is 0. The zero-order valence-electron chi connectivity index (χ0n) is 30.2. The molecule has 242 valence electrons. The number of rotatable bonds is 11. The van der Waals surface area contributed by atoms with E-state index in [-0.39, 0.29) is 11.0 Å². The van der Waals surface area contributed by atoms with Gasteiger partial charge in [-0.25, -0.2) is 4.57 Å². The molecular formula is C44H57N2+. The molecular weight excluding hydrogens is 556 g/mol. The molecule has 0 N–H and O–H groups in total. The van der Waals surface area contributed by atoms with Crippen LogP contribution in [0.5, 0.6) is 0 Å². The van der Waals surface area contributed by atoms with Gasteiger partial charge in [-0.15, -0.1) is 0 Å². The minimum Gasteiger partial charge on any atom is -0.220 e. The lowest BCUT2D eigenvalue weighted by Gasteiger charge is -2.59. The van der Waals surface area contributed by atoms with Crippen LogP contribution in [0.25, 0.3) is 38.6 Å². The molecule has 0 radical (unpaired) electrons. The van der Waals surface area contributed by atoms with Crippen molar-refractivity contribution in [3.8, 4) is 11.3 Å². The molecule has 0 saturated heterocycles. The van der Waals surface area contributed by atoms with Crippen molar-refractivity contribution in [1.29, 1.82) is 0 Å². The Labute approximate surface area is 278 Å². The Morgan fingerprint density at radius 3 is 1.87 bits per heavy atom. The zero-order chi connectivity index (χ0) is 32.5. The van der Waals surface area contributed by atoms with Gasteiger partial charge in [-0.05, 0) is 104 Å². The van der Waals surface area contributed by atoms with Crippen LogP contribution >= 0.6 is 0 Å². The number of benzene rings is 3. The second kappa shape index (κ2) is 11.5. The second-order valence-corrected chi connectivity index (χ2v) is 15.2. The summed E-state index contributed by atoms with van der Waals surface area (Å²) < 4.78 is 5.65. The highest BCUT2D eigenvalue weighted by Crippen LogP contribution is 2.65. The lowest BCUT2D eigenvalue weighted by atomic mass is 9.47. The van der Waals surface area contributed by atoms with E-state index in [1.54, 1.807) is 16.7 Å². The van der Waals surface area contributed by atoms with Crippen molar-refractivity contribution in [3.63, 3.8) is 0 Å². The molecule has 2 atom stereocenters. The number of hydrogen-bond acceptors (Lipinski definition) is 0. The van der Waals surface area contributed by atoms with Crippen LogP contribution in [0.3, 0.4) is 0 Å². The topological polar surface area (TPSA) is 9.03 Å². The van der Waals surface area contributed by atoms with E-state index in [9.17, 15) is 0 Å². The third-order valence-corrected chi connectivity index (χ3v) is 13.5. The Bertz CT molecular complexity index is 1940. The van der Waals surface area contributed by atoms with Crippen LogP contribution in [0, 0.1) is 32.6 Å². The van der Waals surface area contributed by atoms with Crippen LogP contribution in [0.15, 0.2) is 48.5 Å². The Kier molecular flexibility index (Phi) is 7.89. The van der Waals surface area contributed by atoms with Gasteiger partial charge in [0.15, 0.2) is 5.69 Å². The lowest BCUT2D eigenvalue weighted by molar-refractivity contribution is -0.468. The Morgan fingerprint density at radius 2 is 1.33 bits per heavy atom. The Hall–Kier alpha value is -3.13. The minimum atomic E-state index is 0.120. The third-order valence-electron chi connectivity index (χ3n) is 13.5. The molecule has 0 spiro atoms. The summed E-state index contributed by atoms with van der Waals surface area (Å²) >= 11 is 0. The van der Waals surface area contributed by atoms with Gasteiger partial charge in [0.25, 0.3) is 5.65 Å². The third kappa shape index (κ3) is 4.04. The van der Waals surface area contributed by atoms with Crippen LogP contribution in [0.2, 0.25) is 0 Å². The molecule has 2 nitrogen and oxygen atoms in total. The Balaban J connectivity index is 1.72. The number of aryl methyl sites for hydroxylation is 2. The van der Waals surface area contributed by atoms with Crippen LogP contribution in [-0.4, -0.2) is 4.57 Å². The van der Waals surface area contributed by atoms with E-state index in [0.29, 0.717) is 0 Å². The number of aromatic nitrogens is 2. The highest BCUT2D eigenvalue weighted by molar-refractivity contribution is 6.12. The molecule has 46 heavy (non-hydrogen) atoms. The quantitative estimate of drug-likeness (QED) is 0.104. The smallest absolute Gasteiger partial charge is 0.220 e. The first-order valence-electron chi connectivity index (χ1n) is 18.8. The van der Waals surface area contributed by atoms with Gasteiger partial charge in [-0.2, -0.15) is 4.40 Å². The monoisotopic (exact) mass is 613 g/mol. The van der Waals surface area contributed by atoms with Gasteiger partial charge in [0, 0.05) is 28.7 Å². The molecule has 1 aliphatic carbocycles. The summed E-state index contributed by atoms with van der Waals surface area (Å²) in [6.45, 7) is 21.5. The summed E-state index contributed by atoms with van der Waals surface area (Å²) in [5.41, 5.74) is 15.0. The van der Waals surface area contributed by atoms with E-state index in [4.69, 9.17) is 0 Å². The molecule has 2 aliphatic rings. The minimum absolute atomic E-state index is 0.120. The van der Waals surface area contributed by atoms with Crippen molar-refractivity contribution in [1.82, 2.24) is 4.57 Å². The lowest BCUT2D eigenvalue weighted by Crippen LogP contribution is -2.62. The molecule has 1 fully saturated rings. The molecule has 1 aliphatic heterocycles. The van der Waals surface area contributed by atoms with Gasteiger partial charge in [-0.3, -0.25) is 0 Å². The predicted octanol–water partition coefficient (Wildman–Crippen LogP) is 11.6. The molecule has 7 rings (SSSR count). The van der Waals surface area contributed by atoms with E-state index in [1.165, 1.54) is 120 Å². The zero-order valence-corrected chi connectivity index (χ0v) is 30.2. The first kappa shape index (κ1) is 31.5. The maximum Gasteiger partial charge on any atom is 0.296 e. The van der Waals surface area contributed by atoms with Crippen LogP contribution in [0.4, 0.5) is 0 Å². The van der Waals surface area contributed by atoms with Crippen LogP contribution < -0.4 is 4.40 Å². The van der Waals surface area contributed by atoms with Crippen LogP contribution in [0.1, 0.15) is 126 Å². The summed E-state index contributed by atoms with van der Waals surface area (Å²) in [6.07, 6.45) is 12.2. The van der Waals surface area contributed by atoms with Crippen LogP contribution in [-0.2, 0) is 23.8 Å². The van der Waals surface area contributed by atoms with Gasteiger partial charge < -0.3 is 0 Å². The summed E-state index contributed by atoms with van der Waals surface area (Å²) in [5, 5.41) is 4.42. The number of fused-ring (bicyclic) bond motifs is 6. The maximum absolute atomic E-state index is 2.88. The van der Waals surface area contributed by atoms with Gasteiger partial charge in [0.1, 0.15) is 16.7 Å². The number of nitrogens with zero attached hydrogens (tertiary/aromatic N) is 2. The second-order valence-electron chi connectivity index (χ2n) is 15.2. The molecule has 3 aromatic carbocycles. The molecule has 3 heterocycles. The van der Waals surface area contributed by atoms with Crippen molar-refractivity contribution in [3.05, 3.63) is 82.0 Å². The average Bonchev–Trinajstić information content (AvgIpc) is 3.35. The Morgan fingerprint density at radius 1 is 0.717 bits per heavy atom. The van der Waals surface area contributed by atoms with E-state index in [1.807, 2.05) is 0 Å². The van der Waals surface area contributed by atoms with Crippen molar-refractivity contribution in [2.45, 2.75) is 137 Å². The molecule has 0 bridgehead atoms. The van der Waals surface area contributed by atoms with Crippen molar-refractivity contribution in [2.75, 3.05) is 0 Å². The molecule has 5 aromatic rings. The first-order valence-corrected chi connectivity index (χ1v) is 18.8. The van der Waals surface area contributed by atoms with E-state index in [2.05, 4.69) is 120 Å². The first-order chi connectivity index (χ1) is 22.2. The molecule has 0 amide bonds. The van der Waals surface area contributed by atoms with Crippen molar-refractivity contribution >= 4 is 27.3 Å². The highest BCUT2D eigenvalue weighted by Gasteiger charge is 2.66. The predicted molar refractivity (Wildman–Crippen MR) is 197 cm³/mol. The maximum atomic E-state index is 2.88. The molecule has 2 aromatic heterocycles. The fourth-order valence-corrected chi connectivity index (χ4v) is 10.5. The van der Waals surface area contributed by atoms with Gasteiger partial charge >= 0.3 is 0 Å². The normalized spacial score (nSPS) is 20.5. The molecule has 1 saturated carbocycles. The summed E-state index contributed by atoms with van der Waals surface area (Å²) in [4.78, 5) is 0. The highest BCUT2D eigenvalue weighted by atomic mass is 15.2. The SMILES string of the molecule is CCC(CC)Cc1cc2c3cccc4c3c3n(c(C)c(-c5c(C)cccc5C)[n+]3c2cc1CC(CC)CC)C1(CC)CCC41CC. The van der Waals surface area contributed by atoms with Gasteiger partial charge in [0.05, 0.1) is 5.39 Å². The standard InChI is InChI=1S/C44H57N2/c1-10-31(11-2)24-33-26-36-35-20-17-21-37-40(35)42-45(38(36)27-34(33)25-32(12-3)13-4)41(39-28(7)18-16-19-29(39)8)30(9)46(42)44(15-6)23-22-43(37,44)14-5/h16-21,26-27,31-32H,10-15,22-25H2,1-9H3/q+1. The van der Waals surface area contributed by atoms with Gasteiger partial charge in [-0.1, -0.05) is 104 Å². The number of imidazole rings is 1. The van der Waals surface area contributed by atoms with E-state index in [0.717, 1.165) is 11.8 Å². The van der Waals surface area contributed by atoms with Crippen molar-refractivity contribution in [2.24, 2.45) is 11.8 Å². The van der Waals surface area contributed by atoms with Crippen molar-refractivity contribution < 1.29 is 4.40 Å². The summed E-state index contributed by atoms with van der Waals surface area (Å²) in [5.74, 6) is 1.45. The van der Waals surface area contributed by atoms with Gasteiger partial charge in [0.2, 0.25) is 0 Å². The summed E-state index contributed by atoms with van der Waals surface area (Å²) in [6, 6.07) is 19.6. The van der Waals surface area contributed by atoms with E-state index < -0.39 is 0 Å². The number of pyridine rings is 1. The largest absolute Gasteiger partial charge is 0.296 e. The average molecular weight is 614 g/mol.